The van der Waals surface area contributed by atoms with E-state index in [1.54, 1.807) is 13.1 Å². The lowest BCUT2D eigenvalue weighted by Crippen LogP contribution is -2.29. The van der Waals surface area contributed by atoms with E-state index < -0.39 is 12.2 Å². The maximum absolute atomic E-state index is 9.67. The molecule has 2 atom stereocenters. The Balaban J connectivity index is 2.74. The number of hydrogen-bond donors (Lipinski definition) is 3. The minimum atomic E-state index is -0.988. The zero-order chi connectivity index (χ0) is 11.3. The van der Waals surface area contributed by atoms with E-state index in [1.807, 2.05) is 6.07 Å². The SMILES string of the molecule is CNCC(O)C(O)c1ccc(C#N)nc1. The van der Waals surface area contributed by atoms with E-state index in [-0.39, 0.29) is 5.69 Å². The number of hydrogen-bond acceptors (Lipinski definition) is 5. The van der Waals surface area contributed by atoms with Crippen molar-refractivity contribution in [3.63, 3.8) is 0 Å². The van der Waals surface area contributed by atoms with Crippen LogP contribution in [-0.4, -0.2) is 34.9 Å². The van der Waals surface area contributed by atoms with E-state index in [4.69, 9.17) is 5.26 Å². The molecular formula is C10H13N3O2. The third-order valence-corrected chi connectivity index (χ3v) is 2.02. The molecule has 0 amide bonds. The highest BCUT2D eigenvalue weighted by Gasteiger charge is 2.17. The first kappa shape index (κ1) is 11.6. The fraction of sp³-hybridized carbons (Fsp3) is 0.400. The zero-order valence-corrected chi connectivity index (χ0v) is 8.38. The molecule has 0 aromatic carbocycles. The first-order valence-electron chi connectivity index (χ1n) is 4.55. The molecule has 3 N–H and O–H groups in total. The van der Waals surface area contributed by atoms with Gasteiger partial charge in [0, 0.05) is 18.3 Å². The summed E-state index contributed by atoms with van der Waals surface area (Å²) in [6.45, 7) is 0.293. The number of pyridine rings is 1. The van der Waals surface area contributed by atoms with Crippen molar-refractivity contribution in [1.29, 1.82) is 5.26 Å². The first-order valence-corrected chi connectivity index (χ1v) is 4.55. The number of rotatable bonds is 4. The summed E-state index contributed by atoms with van der Waals surface area (Å²) in [6, 6.07) is 4.96. The Morgan fingerprint density at radius 3 is 2.73 bits per heavy atom. The Kier molecular flexibility index (Phi) is 4.18. The summed E-state index contributed by atoms with van der Waals surface area (Å²) in [4.78, 5) is 3.81. The zero-order valence-electron chi connectivity index (χ0n) is 8.38. The molecule has 0 fully saturated rings. The molecule has 0 radical (unpaired) electrons. The van der Waals surface area contributed by atoms with Crippen molar-refractivity contribution < 1.29 is 10.2 Å². The van der Waals surface area contributed by atoms with Gasteiger partial charge in [-0.05, 0) is 13.1 Å². The summed E-state index contributed by atoms with van der Waals surface area (Å²) in [5, 5.41) is 30.4. The molecule has 5 heteroatoms. The van der Waals surface area contributed by atoms with Gasteiger partial charge in [-0.3, -0.25) is 0 Å². The van der Waals surface area contributed by atoms with E-state index >= 15 is 0 Å². The molecule has 0 saturated carbocycles. The van der Waals surface area contributed by atoms with Crippen LogP contribution in [0.15, 0.2) is 18.3 Å². The van der Waals surface area contributed by atoms with Crippen molar-refractivity contribution in [3.8, 4) is 6.07 Å². The largest absolute Gasteiger partial charge is 0.389 e. The number of nitrogens with one attached hydrogen (secondary N) is 1. The fourth-order valence-corrected chi connectivity index (χ4v) is 1.19. The van der Waals surface area contributed by atoms with Gasteiger partial charge in [-0.25, -0.2) is 4.98 Å². The summed E-state index contributed by atoms with van der Waals surface area (Å²) >= 11 is 0. The number of aliphatic hydroxyl groups is 2. The Hall–Kier alpha value is -1.48. The molecule has 0 aliphatic heterocycles. The molecule has 1 rings (SSSR count). The van der Waals surface area contributed by atoms with E-state index in [2.05, 4.69) is 10.3 Å². The summed E-state index contributed by atoms with van der Waals surface area (Å²) in [5.41, 5.74) is 0.783. The quantitative estimate of drug-likeness (QED) is 0.623. The molecule has 0 bridgehead atoms. The van der Waals surface area contributed by atoms with Gasteiger partial charge in [0.2, 0.25) is 0 Å². The summed E-state index contributed by atoms with van der Waals surface area (Å²) < 4.78 is 0. The molecule has 1 aromatic rings. The van der Waals surface area contributed by atoms with Crippen LogP contribution < -0.4 is 5.32 Å². The Morgan fingerprint density at radius 1 is 1.53 bits per heavy atom. The highest BCUT2D eigenvalue weighted by molar-refractivity contribution is 5.24. The van der Waals surface area contributed by atoms with Crippen LogP contribution in [0.1, 0.15) is 17.4 Å². The molecule has 15 heavy (non-hydrogen) atoms. The topological polar surface area (TPSA) is 89.2 Å². The maximum Gasteiger partial charge on any atom is 0.140 e. The molecule has 5 nitrogen and oxygen atoms in total. The number of nitrogens with zero attached hydrogens (tertiary/aromatic N) is 2. The number of aliphatic hydroxyl groups excluding tert-OH is 2. The predicted octanol–water partition coefficient (Wildman–Crippen LogP) is -0.433. The number of likely N-dealkylation sites (N-methyl/N-ethyl adjacent to an activating group) is 1. The smallest absolute Gasteiger partial charge is 0.140 e. The predicted molar refractivity (Wildman–Crippen MR) is 53.8 cm³/mol. The molecular weight excluding hydrogens is 194 g/mol. The Labute approximate surface area is 88.0 Å². The molecule has 0 aliphatic rings. The summed E-state index contributed by atoms with van der Waals surface area (Å²) in [5.74, 6) is 0. The van der Waals surface area contributed by atoms with Gasteiger partial charge >= 0.3 is 0 Å². The minimum absolute atomic E-state index is 0.286. The normalized spacial score (nSPS) is 14.3. The van der Waals surface area contributed by atoms with Crippen LogP contribution in [0.4, 0.5) is 0 Å². The van der Waals surface area contributed by atoms with Crippen LogP contribution in [0.5, 0.6) is 0 Å². The molecule has 2 unspecified atom stereocenters. The highest BCUT2D eigenvalue weighted by Crippen LogP contribution is 2.15. The van der Waals surface area contributed by atoms with Crippen molar-refractivity contribution >= 4 is 0 Å². The lowest BCUT2D eigenvalue weighted by Gasteiger charge is -2.17. The second-order valence-electron chi connectivity index (χ2n) is 3.16. The van der Waals surface area contributed by atoms with Gasteiger partial charge in [-0.1, -0.05) is 6.07 Å². The van der Waals surface area contributed by atoms with Crippen molar-refractivity contribution in [2.24, 2.45) is 0 Å². The standard InChI is InChI=1S/C10H13N3O2/c1-12-6-9(14)10(15)7-2-3-8(4-11)13-5-7/h2-3,5,9-10,12,14-15H,6H2,1H3. The van der Waals surface area contributed by atoms with E-state index in [1.165, 1.54) is 12.3 Å². The van der Waals surface area contributed by atoms with Gasteiger partial charge in [0.15, 0.2) is 0 Å². The highest BCUT2D eigenvalue weighted by atomic mass is 16.3. The van der Waals surface area contributed by atoms with E-state index in [0.29, 0.717) is 12.1 Å². The molecule has 1 aromatic heterocycles. The van der Waals surface area contributed by atoms with Crippen LogP contribution in [0.25, 0.3) is 0 Å². The van der Waals surface area contributed by atoms with Gasteiger partial charge in [0.1, 0.15) is 17.9 Å². The molecule has 0 aliphatic carbocycles. The minimum Gasteiger partial charge on any atom is -0.389 e. The number of aromatic nitrogens is 1. The van der Waals surface area contributed by atoms with Crippen LogP contribution >= 0.6 is 0 Å². The molecule has 80 valence electrons. The average Bonchev–Trinajstić information content (AvgIpc) is 2.28. The van der Waals surface area contributed by atoms with Crippen molar-refractivity contribution in [1.82, 2.24) is 10.3 Å². The van der Waals surface area contributed by atoms with E-state index in [9.17, 15) is 10.2 Å². The van der Waals surface area contributed by atoms with Crippen LogP contribution in [0, 0.1) is 11.3 Å². The van der Waals surface area contributed by atoms with Crippen LogP contribution in [0.3, 0.4) is 0 Å². The number of nitriles is 1. The Morgan fingerprint density at radius 2 is 2.27 bits per heavy atom. The van der Waals surface area contributed by atoms with Crippen LogP contribution in [0.2, 0.25) is 0 Å². The van der Waals surface area contributed by atoms with Crippen molar-refractivity contribution in [3.05, 3.63) is 29.6 Å². The second-order valence-corrected chi connectivity index (χ2v) is 3.16. The molecule has 0 saturated heterocycles. The van der Waals surface area contributed by atoms with Crippen molar-refractivity contribution in [2.75, 3.05) is 13.6 Å². The fourth-order valence-electron chi connectivity index (χ4n) is 1.19. The first-order chi connectivity index (χ1) is 7.19. The van der Waals surface area contributed by atoms with Gasteiger partial charge < -0.3 is 15.5 Å². The molecule has 1 heterocycles. The summed E-state index contributed by atoms with van der Waals surface area (Å²) in [7, 11) is 1.69. The third-order valence-electron chi connectivity index (χ3n) is 2.02. The second kappa shape index (κ2) is 5.41. The molecule has 0 spiro atoms. The van der Waals surface area contributed by atoms with Crippen molar-refractivity contribution in [2.45, 2.75) is 12.2 Å². The lowest BCUT2D eigenvalue weighted by atomic mass is 10.1. The van der Waals surface area contributed by atoms with Gasteiger partial charge in [-0.2, -0.15) is 5.26 Å². The monoisotopic (exact) mass is 207 g/mol. The van der Waals surface area contributed by atoms with Gasteiger partial charge in [-0.15, -0.1) is 0 Å². The third kappa shape index (κ3) is 2.99. The van der Waals surface area contributed by atoms with Gasteiger partial charge in [0.25, 0.3) is 0 Å². The lowest BCUT2D eigenvalue weighted by molar-refractivity contribution is 0.0200. The van der Waals surface area contributed by atoms with Gasteiger partial charge in [0.05, 0.1) is 6.10 Å². The summed E-state index contributed by atoms with van der Waals surface area (Å²) in [6.07, 6.45) is -0.482. The van der Waals surface area contributed by atoms with Crippen LogP contribution in [-0.2, 0) is 0 Å². The van der Waals surface area contributed by atoms with E-state index in [0.717, 1.165) is 0 Å². The average molecular weight is 207 g/mol. The Bertz CT molecular complexity index is 345. The maximum atomic E-state index is 9.67.